The summed E-state index contributed by atoms with van der Waals surface area (Å²) < 4.78 is 6.07. The number of hydrogen-bond acceptors (Lipinski definition) is 3. The van der Waals surface area contributed by atoms with Gasteiger partial charge < -0.3 is 10.1 Å². The predicted molar refractivity (Wildman–Crippen MR) is 77.5 cm³/mol. The first-order chi connectivity index (χ1) is 9.40. The van der Waals surface area contributed by atoms with Crippen molar-refractivity contribution in [1.82, 2.24) is 10.2 Å². The van der Waals surface area contributed by atoms with Gasteiger partial charge >= 0.3 is 0 Å². The Morgan fingerprint density at radius 1 is 1.16 bits per heavy atom. The molecule has 2 fully saturated rings. The standard InChI is InChI=1S/C16H24N2O/c1-2-6-15(5-1)19-16-7-3-4-14(12-16)13-18-10-8-17-9-11-18/h3-4,7,12,15,17H,1-2,5-6,8-11,13H2. The van der Waals surface area contributed by atoms with Crippen LogP contribution < -0.4 is 10.1 Å². The van der Waals surface area contributed by atoms with E-state index in [1.807, 2.05) is 0 Å². The van der Waals surface area contributed by atoms with E-state index < -0.39 is 0 Å². The highest BCUT2D eigenvalue weighted by Gasteiger charge is 2.16. The van der Waals surface area contributed by atoms with Crippen LogP contribution in [0.5, 0.6) is 5.75 Å². The Labute approximate surface area is 115 Å². The zero-order valence-electron chi connectivity index (χ0n) is 11.6. The van der Waals surface area contributed by atoms with E-state index in [0.29, 0.717) is 6.10 Å². The molecule has 2 aliphatic rings. The number of nitrogens with one attached hydrogen (secondary N) is 1. The molecule has 1 aromatic carbocycles. The van der Waals surface area contributed by atoms with Crippen molar-refractivity contribution < 1.29 is 4.74 Å². The number of nitrogens with zero attached hydrogens (tertiary/aromatic N) is 1. The normalized spacial score (nSPS) is 21.7. The first kappa shape index (κ1) is 12.9. The zero-order valence-corrected chi connectivity index (χ0v) is 11.6. The van der Waals surface area contributed by atoms with E-state index in [4.69, 9.17) is 4.74 Å². The molecule has 0 amide bonds. The van der Waals surface area contributed by atoms with Crippen LogP contribution in [0, 0.1) is 0 Å². The Morgan fingerprint density at radius 2 is 1.95 bits per heavy atom. The third-order valence-corrected chi connectivity index (χ3v) is 4.12. The molecule has 1 saturated heterocycles. The fraction of sp³-hybridized carbons (Fsp3) is 0.625. The predicted octanol–water partition coefficient (Wildman–Crippen LogP) is 2.41. The molecule has 1 aromatic rings. The first-order valence-electron chi connectivity index (χ1n) is 7.59. The van der Waals surface area contributed by atoms with Crippen molar-refractivity contribution in [2.75, 3.05) is 26.2 Å². The Kier molecular flexibility index (Phi) is 4.36. The third kappa shape index (κ3) is 3.71. The lowest BCUT2D eigenvalue weighted by molar-refractivity contribution is 0.208. The molecule has 0 radical (unpaired) electrons. The van der Waals surface area contributed by atoms with Gasteiger partial charge in [-0.1, -0.05) is 12.1 Å². The number of rotatable bonds is 4. The Balaban J connectivity index is 1.58. The maximum atomic E-state index is 6.07. The second-order valence-electron chi connectivity index (χ2n) is 5.70. The average molecular weight is 260 g/mol. The van der Waals surface area contributed by atoms with E-state index in [-0.39, 0.29) is 0 Å². The van der Waals surface area contributed by atoms with Gasteiger partial charge in [0, 0.05) is 32.7 Å². The minimum atomic E-state index is 0.453. The van der Waals surface area contributed by atoms with Crippen molar-refractivity contribution in [2.45, 2.75) is 38.3 Å². The second-order valence-corrected chi connectivity index (χ2v) is 5.70. The highest BCUT2D eigenvalue weighted by Crippen LogP contribution is 2.24. The summed E-state index contributed by atoms with van der Waals surface area (Å²) in [5, 5.41) is 3.39. The molecule has 1 N–H and O–H groups in total. The van der Waals surface area contributed by atoms with Gasteiger partial charge in [-0.05, 0) is 43.4 Å². The van der Waals surface area contributed by atoms with Crippen LogP contribution in [-0.2, 0) is 6.54 Å². The van der Waals surface area contributed by atoms with Crippen molar-refractivity contribution in [2.24, 2.45) is 0 Å². The van der Waals surface area contributed by atoms with E-state index in [9.17, 15) is 0 Å². The van der Waals surface area contributed by atoms with Crippen molar-refractivity contribution in [3.63, 3.8) is 0 Å². The fourth-order valence-electron chi connectivity index (χ4n) is 3.04. The van der Waals surface area contributed by atoms with Gasteiger partial charge in [-0.15, -0.1) is 0 Å². The highest BCUT2D eigenvalue weighted by molar-refractivity contribution is 5.28. The molecule has 19 heavy (non-hydrogen) atoms. The maximum absolute atomic E-state index is 6.07. The summed E-state index contributed by atoms with van der Waals surface area (Å²) in [6, 6.07) is 8.66. The molecular weight excluding hydrogens is 236 g/mol. The van der Waals surface area contributed by atoms with Crippen LogP contribution >= 0.6 is 0 Å². The van der Waals surface area contributed by atoms with Crippen LogP contribution in [0.4, 0.5) is 0 Å². The van der Waals surface area contributed by atoms with Gasteiger partial charge in [-0.2, -0.15) is 0 Å². The molecule has 0 spiro atoms. The van der Waals surface area contributed by atoms with E-state index >= 15 is 0 Å². The highest BCUT2D eigenvalue weighted by atomic mass is 16.5. The van der Waals surface area contributed by atoms with Gasteiger partial charge in [-0.3, -0.25) is 4.90 Å². The number of hydrogen-bond donors (Lipinski definition) is 1. The number of piperazine rings is 1. The van der Waals surface area contributed by atoms with Gasteiger partial charge in [0.2, 0.25) is 0 Å². The van der Waals surface area contributed by atoms with Gasteiger partial charge in [-0.25, -0.2) is 0 Å². The molecule has 3 nitrogen and oxygen atoms in total. The average Bonchev–Trinajstić information content (AvgIpc) is 2.93. The molecule has 1 saturated carbocycles. The van der Waals surface area contributed by atoms with E-state index in [0.717, 1.165) is 38.5 Å². The Bertz CT molecular complexity index is 395. The lowest BCUT2D eigenvalue weighted by Crippen LogP contribution is -2.42. The Morgan fingerprint density at radius 3 is 2.74 bits per heavy atom. The Hall–Kier alpha value is -1.06. The van der Waals surface area contributed by atoms with Crippen molar-refractivity contribution in [1.29, 1.82) is 0 Å². The van der Waals surface area contributed by atoms with E-state index in [1.165, 1.54) is 31.2 Å². The molecule has 3 rings (SSSR count). The van der Waals surface area contributed by atoms with Crippen LogP contribution in [0.15, 0.2) is 24.3 Å². The number of benzene rings is 1. The number of ether oxygens (including phenoxy) is 1. The molecule has 3 heteroatoms. The van der Waals surface area contributed by atoms with Crippen molar-refractivity contribution in [3.05, 3.63) is 29.8 Å². The first-order valence-corrected chi connectivity index (χ1v) is 7.59. The smallest absolute Gasteiger partial charge is 0.120 e. The lowest BCUT2D eigenvalue weighted by atomic mass is 10.2. The summed E-state index contributed by atoms with van der Waals surface area (Å²) in [7, 11) is 0. The second kappa shape index (κ2) is 6.40. The summed E-state index contributed by atoms with van der Waals surface area (Å²) in [4.78, 5) is 2.51. The van der Waals surface area contributed by atoms with Crippen LogP contribution in [0.1, 0.15) is 31.2 Å². The molecule has 1 aliphatic carbocycles. The van der Waals surface area contributed by atoms with Gasteiger partial charge in [0.15, 0.2) is 0 Å². The lowest BCUT2D eigenvalue weighted by Gasteiger charge is -2.27. The van der Waals surface area contributed by atoms with E-state index in [1.54, 1.807) is 0 Å². The summed E-state index contributed by atoms with van der Waals surface area (Å²) in [5.41, 5.74) is 1.37. The molecule has 1 heterocycles. The molecule has 1 aliphatic heterocycles. The van der Waals surface area contributed by atoms with Crippen molar-refractivity contribution >= 4 is 0 Å². The van der Waals surface area contributed by atoms with Crippen LogP contribution in [0.25, 0.3) is 0 Å². The molecule has 0 bridgehead atoms. The monoisotopic (exact) mass is 260 g/mol. The summed E-state index contributed by atoms with van der Waals surface area (Å²) in [6.45, 7) is 5.56. The maximum Gasteiger partial charge on any atom is 0.120 e. The largest absolute Gasteiger partial charge is 0.490 e. The third-order valence-electron chi connectivity index (χ3n) is 4.12. The molecule has 0 aromatic heterocycles. The van der Waals surface area contributed by atoms with Crippen LogP contribution in [0.2, 0.25) is 0 Å². The summed E-state index contributed by atoms with van der Waals surface area (Å²) in [6.07, 6.45) is 5.55. The van der Waals surface area contributed by atoms with Crippen molar-refractivity contribution in [3.8, 4) is 5.75 Å². The van der Waals surface area contributed by atoms with Crippen LogP contribution in [0.3, 0.4) is 0 Å². The SMILES string of the molecule is c1cc(CN2CCNCC2)cc(OC2CCCC2)c1. The topological polar surface area (TPSA) is 24.5 Å². The molecular formula is C16H24N2O. The minimum absolute atomic E-state index is 0.453. The zero-order chi connectivity index (χ0) is 12.9. The summed E-state index contributed by atoms with van der Waals surface area (Å²) >= 11 is 0. The van der Waals surface area contributed by atoms with E-state index in [2.05, 4.69) is 34.5 Å². The van der Waals surface area contributed by atoms with Crippen LogP contribution in [-0.4, -0.2) is 37.2 Å². The minimum Gasteiger partial charge on any atom is -0.490 e. The molecule has 104 valence electrons. The molecule has 0 atom stereocenters. The van der Waals surface area contributed by atoms with Gasteiger partial charge in [0.05, 0.1) is 6.10 Å². The van der Waals surface area contributed by atoms with Gasteiger partial charge in [0.1, 0.15) is 5.75 Å². The summed E-state index contributed by atoms with van der Waals surface area (Å²) in [5.74, 6) is 1.06. The fourth-order valence-corrected chi connectivity index (χ4v) is 3.04. The van der Waals surface area contributed by atoms with Gasteiger partial charge in [0.25, 0.3) is 0 Å². The quantitative estimate of drug-likeness (QED) is 0.900. The molecule has 0 unspecified atom stereocenters.